The number of hydrogen-bond donors (Lipinski definition) is 2. The number of carbonyl (C=O) groups is 1. The van der Waals surface area contributed by atoms with Crippen LogP contribution in [0.2, 0.25) is 0 Å². The van der Waals surface area contributed by atoms with Crippen molar-refractivity contribution in [1.29, 1.82) is 0 Å². The van der Waals surface area contributed by atoms with Crippen molar-refractivity contribution in [2.75, 3.05) is 0 Å². The highest BCUT2D eigenvalue weighted by atomic mass is 32.2. The molecule has 0 amide bonds. The first-order valence-electron chi connectivity index (χ1n) is 8.11. The van der Waals surface area contributed by atoms with Crippen molar-refractivity contribution in [3.8, 4) is 0 Å². The highest BCUT2D eigenvalue weighted by molar-refractivity contribution is 7.87. The summed E-state index contributed by atoms with van der Waals surface area (Å²) in [5, 5.41) is 5.80. The predicted molar refractivity (Wildman–Crippen MR) is 75.2 cm³/mol. The average Bonchev–Trinajstić information content (AvgIpc) is 2.35. The van der Waals surface area contributed by atoms with Gasteiger partial charge in [0.2, 0.25) is 5.78 Å². The highest BCUT2D eigenvalue weighted by Gasteiger charge is 2.93. The van der Waals surface area contributed by atoms with E-state index in [-0.39, 0.29) is 17.3 Å². The van der Waals surface area contributed by atoms with Gasteiger partial charge in [0.1, 0.15) is 0 Å². The molecule has 1 spiro atoms. The summed E-state index contributed by atoms with van der Waals surface area (Å²) in [5.74, 6) is -0.520. The van der Waals surface area contributed by atoms with Gasteiger partial charge in [0.05, 0.1) is 5.60 Å². The Labute approximate surface area is 133 Å². The fraction of sp³-hybridized carbons (Fsp3) is 0.933. The molecule has 0 aromatic carbocycles. The third-order valence-electron chi connectivity index (χ3n) is 7.31. The number of hydrogen-bond acceptors (Lipinski definition) is 4. The summed E-state index contributed by atoms with van der Waals surface area (Å²) in [5.41, 5.74) is -0.281. The van der Waals surface area contributed by atoms with Crippen LogP contribution in [0.4, 0.5) is 8.78 Å². The van der Waals surface area contributed by atoms with Crippen molar-refractivity contribution in [3.63, 3.8) is 0 Å². The van der Waals surface area contributed by atoms with Crippen molar-refractivity contribution < 1.29 is 31.7 Å². The van der Waals surface area contributed by atoms with E-state index in [1.165, 1.54) is 6.42 Å². The summed E-state index contributed by atoms with van der Waals surface area (Å²) >= 11 is 0. The molecular formula is C15H20F2O5S. The van der Waals surface area contributed by atoms with Crippen LogP contribution in [0.3, 0.4) is 0 Å². The topological polar surface area (TPSA) is 91.7 Å². The van der Waals surface area contributed by atoms with Crippen LogP contribution in [0.25, 0.3) is 0 Å². The van der Waals surface area contributed by atoms with Crippen LogP contribution < -0.4 is 0 Å². The fourth-order valence-electron chi connectivity index (χ4n) is 6.78. The standard InChI is InChI=1S/C15H20F2O5S/c16-15(17,23(20,21)22)11(18)3-1-2-4-12-6-9-5-10-7-13(19,8-12)14(9,10)12/h9-10,19H,1-8H2,(H,20,21,22). The third-order valence-corrected chi connectivity index (χ3v) is 8.19. The maximum Gasteiger partial charge on any atom is 0.426 e. The molecule has 0 radical (unpaired) electrons. The number of aliphatic hydroxyl groups is 1. The summed E-state index contributed by atoms with van der Waals surface area (Å²) in [7, 11) is -5.69. The van der Waals surface area contributed by atoms with Crippen LogP contribution in [0, 0.1) is 22.7 Å². The van der Waals surface area contributed by atoms with E-state index in [9.17, 15) is 27.1 Å². The molecule has 130 valence electrons. The second-order valence-electron chi connectivity index (χ2n) is 8.02. The van der Waals surface area contributed by atoms with Crippen molar-refractivity contribution in [2.45, 2.75) is 62.2 Å². The van der Waals surface area contributed by atoms with Crippen molar-refractivity contribution in [2.24, 2.45) is 22.7 Å². The first-order chi connectivity index (χ1) is 10.5. The lowest BCUT2D eigenvalue weighted by atomic mass is 9.11. The molecule has 5 unspecified atom stereocenters. The Bertz CT molecular complexity index is 686. The molecular weight excluding hydrogens is 330 g/mol. The van der Waals surface area contributed by atoms with Gasteiger partial charge in [-0.3, -0.25) is 9.35 Å². The molecule has 2 N–H and O–H groups in total. The number of alkyl halides is 2. The Morgan fingerprint density at radius 2 is 1.87 bits per heavy atom. The fourth-order valence-corrected chi connectivity index (χ4v) is 7.17. The highest BCUT2D eigenvalue weighted by Crippen LogP contribution is 2.95. The van der Waals surface area contributed by atoms with Gasteiger partial charge in [-0.2, -0.15) is 17.2 Å². The smallest absolute Gasteiger partial charge is 0.389 e. The molecule has 4 rings (SSSR count). The van der Waals surface area contributed by atoms with Gasteiger partial charge in [-0.25, -0.2) is 0 Å². The Morgan fingerprint density at radius 1 is 1.22 bits per heavy atom. The minimum absolute atomic E-state index is 0.0857. The lowest BCUT2D eigenvalue weighted by Crippen LogP contribution is -2.93. The van der Waals surface area contributed by atoms with Crippen molar-refractivity contribution in [1.82, 2.24) is 0 Å². The van der Waals surface area contributed by atoms with Gasteiger partial charge in [-0.05, 0) is 55.8 Å². The monoisotopic (exact) mass is 350 g/mol. The summed E-state index contributed by atoms with van der Waals surface area (Å²) in [4.78, 5) is 11.3. The Hall–Kier alpha value is -0.600. The normalized spacial score (nSPS) is 46.4. The number of halogens is 2. The summed E-state index contributed by atoms with van der Waals surface area (Å²) in [6.45, 7) is 0. The molecule has 0 aromatic heterocycles. The number of carbonyl (C=O) groups excluding carboxylic acids is 1. The van der Waals surface area contributed by atoms with E-state index in [4.69, 9.17) is 4.55 Å². The summed E-state index contributed by atoms with van der Waals surface area (Å²) in [6, 6.07) is 0. The van der Waals surface area contributed by atoms with Gasteiger partial charge in [-0.15, -0.1) is 0 Å². The van der Waals surface area contributed by atoms with Gasteiger partial charge < -0.3 is 5.11 Å². The van der Waals surface area contributed by atoms with Crippen molar-refractivity contribution >= 4 is 15.9 Å². The van der Waals surface area contributed by atoms with E-state index in [1.807, 2.05) is 0 Å². The van der Waals surface area contributed by atoms with Crippen LogP contribution >= 0.6 is 0 Å². The minimum Gasteiger partial charge on any atom is -0.389 e. The molecule has 0 saturated heterocycles. The van der Waals surface area contributed by atoms with Crippen LogP contribution in [0.5, 0.6) is 0 Å². The van der Waals surface area contributed by atoms with Crippen LogP contribution in [-0.4, -0.2) is 34.7 Å². The zero-order chi connectivity index (χ0) is 16.9. The largest absolute Gasteiger partial charge is 0.426 e. The van der Waals surface area contributed by atoms with Gasteiger partial charge in [0, 0.05) is 11.8 Å². The van der Waals surface area contributed by atoms with E-state index in [2.05, 4.69) is 0 Å². The quantitative estimate of drug-likeness (QED) is 0.542. The van der Waals surface area contributed by atoms with Gasteiger partial charge >= 0.3 is 15.4 Å². The molecule has 23 heavy (non-hydrogen) atoms. The number of Topliss-reactive ketones (excluding diaryl/α,β-unsaturated/α-hetero) is 1. The van der Waals surface area contributed by atoms with E-state index < -0.39 is 33.2 Å². The lowest BCUT2D eigenvalue weighted by Gasteiger charge is -2.94. The van der Waals surface area contributed by atoms with Crippen molar-refractivity contribution in [3.05, 3.63) is 0 Å². The number of unbranched alkanes of at least 4 members (excludes halogenated alkanes) is 1. The SMILES string of the molecule is O=C(CCCCC12CC3CC4CC(O)(C1)C432)C(F)(F)S(=O)(=O)O. The molecule has 5 nitrogen and oxygen atoms in total. The molecule has 4 saturated carbocycles. The second kappa shape index (κ2) is 4.14. The predicted octanol–water partition coefficient (Wildman–Crippen LogP) is 2.15. The minimum atomic E-state index is -5.69. The first-order valence-corrected chi connectivity index (χ1v) is 9.55. The van der Waals surface area contributed by atoms with E-state index in [0.717, 1.165) is 25.7 Å². The molecule has 4 aliphatic carbocycles. The zero-order valence-corrected chi connectivity index (χ0v) is 13.4. The Balaban J connectivity index is 1.29. The van der Waals surface area contributed by atoms with E-state index in [0.29, 0.717) is 18.3 Å². The summed E-state index contributed by atoms with van der Waals surface area (Å²) < 4.78 is 55.7. The molecule has 0 heterocycles. The summed E-state index contributed by atoms with van der Waals surface area (Å²) in [6.07, 6.45) is 4.93. The van der Waals surface area contributed by atoms with Crippen LogP contribution in [0.15, 0.2) is 0 Å². The third kappa shape index (κ3) is 1.54. The maximum atomic E-state index is 13.1. The molecule has 8 heteroatoms. The molecule has 4 aliphatic rings. The van der Waals surface area contributed by atoms with E-state index >= 15 is 0 Å². The van der Waals surface area contributed by atoms with Gasteiger partial charge in [0.15, 0.2) is 0 Å². The molecule has 0 aromatic rings. The molecule has 0 aliphatic heterocycles. The zero-order valence-electron chi connectivity index (χ0n) is 12.6. The first kappa shape index (κ1) is 15.9. The molecule has 5 atom stereocenters. The van der Waals surface area contributed by atoms with E-state index in [1.54, 1.807) is 0 Å². The Kier molecular flexibility index (Phi) is 2.86. The molecule has 4 fully saturated rings. The van der Waals surface area contributed by atoms with Gasteiger partial charge in [-0.1, -0.05) is 6.42 Å². The molecule has 0 bridgehead atoms. The number of ketones is 1. The Morgan fingerprint density at radius 3 is 2.39 bits per heavy atom. The lowest BCUT2D eigenvalue weighted by molar-refractivity contribution is -0.495. The van der Waals surface area contributed by atoms with Gasteiger partial charge in [0.25, 0.3) is 0 Å². The average molecular weight is 350 g/mol. The second-order valence-corrected chi connectivity index (χ2v) is 9.48. The maximum absolute atomic E-state index is 13.1. The number of rotatable bonds is 7. The van der Waals surface area contributed by atoms with Crippen LogP contribution in [0.1, 0.15) is 51.4 Å². The van der Waals surface area contributed by atoms with Crippen LogP contribution in [-0.2, 0) is 14.9 Å².